The summed E-state index contributed by atoms with van der Waals surface area (Å²) in [6.07, 6.45) is 1.18. The predicted octanol–water partition coefficient (Wildman–Crippen LogP) is 3.13. The van der Waals surface area contributed by atoms with Gasteiger partial charge in [0.15, 0.2) is 0 Å². The van der Waals surface area contributed by atoms with Crippen LogP contribution in [0.15, 0.2) is 24.3 Å². The molecule has 0 amide bonds. The second-order valence-corrected chi connectivity index (χ2v) is 6.70. The molecule has 4 heteroatoms. The average molecular weight is 311 g/mol. The Labute approximate surface area is 133 Å². The van der Waals surface area contributed by atoms with Crippen molar-refractivity contribution in [2.75, 3.05) is 40.4 Å². The van der Waals surface area contributed by atoms with Crippen LogP contribution >= 0.6 is 11.6 Å². The minimum absolute atomic E-state index is 0.534. The van der Waals surface area contributed by atoms with Crippen molar-refractivity contribution in [1.82, 2.24) is 9.80 Å². The van der Waals surface area contributed by atoms with Gasteiger partial charge in [0.05, 0.1) is 13.2 Å². The number of nitrogens with zero attached hydrogens (tertiary/aromatic N) is 2. The third-order valence-corrected chi connectivity index (χ3v) is 4.57. The number of halogens is 1. The molecule has 2 rings (SSSR count). The first-order chi connectivity index (χ1) is 10.1. The van der Waals surface area contributed by atoms with Gasteiger partial charge in [0.25, 0.3) is 0 Å². The number of hydrogen-bond donors (Lipinski definition) is 0. The van der Waals surface area contributed by atoms with E-state index in [0.29, 0.717) is 12.0 Å². The summed E-state index contributed by atoms with van der Waals surface area (Å²) in [4.78, 5) is 4.78. The van der Waals surface area contributed by atoms with E-state index in [-0.39, 0.29) is 0 Å². The molecule has 0 radical (unpaired) electrons. The van der Waals surface area contributed by atoms with E-state index in [9.17, 15) is 0 Å². The molecule has 0 N–H and O–H groups in total. The summed E-state index contributed by atoms with van der Waals surface area (Å²) >= 11 is 6.10. The van der Waals surface area contributed by atoms with Crippen LogP contribution in [0.2, 0.25) is 5.02 Å². The van der Waals surface area contributed by atoms with Crippen LogP contribution in [0.4, 0.5) is 0 Å². The molecule has 1 aromatic carbocycles. The van der Waals surface area contributed by atoms with Crippen LogP contribution in [0.1, 0.15) is 18.9 Å². The van der Waals surface area contributed by atoms with Gasteiger partial charge in [-0.3, -0.25) is 4.90 Å². The van der Waals surface area contributed by atoms with E-state index in [1.807, 2.05) is 12.1 Å². The lowest BCUT2D eigenvalue weighted by Crippen LogP contribution is -2.39. The summed E-state index contributed by atoms with van der Waals surface area (Å²) in [7, 11) is 4.26. The molecule has 1 saturated heterocycles. The summed E-state index contributed by atoms with van der Waals surface area (Å²) in [5, 5.41) is 0.815. The minimum atomic E-state index is 0.534. The molecule has 2 atom stereocenters. The molecule has 0 bridgehead atoms. The predicted molar refractivity (Wildman–Crippen MR) is 88.8 cm³/mol. The standard InChI is InChI=1S/C17H27ClN2O/c1-14-16(7-8-19(2)3)13-21-10-9-20(14)12-15-5-4-6-17(18)11-15/h4-6,11,14,16H,7-10,12-13H2,1-3H3/t14-,16+/m0/s1. The molecule has 1 aromatic rings. The Bertz CT molecular complexity index is 439. The van der Waals surface area contributed by atoms with Gasteiger partial charge in [0, 0.05) is 24.2 Å². The lowest BCUT2D eigenvalue weighted by atomic mass is 9.96. The van der Waals surface area contributed by atoms with Gasteiger partial charge in [-0.2, -0.15) is 0 Å². The van der Waals surface area contributed by atoms with E-state index in [1.54, 1.807) is 0 Å². The fraction of sp³-hybridized carbons (Fsp3) is 0.647. The Morgan fingerprint density at radius 1 is 1.38 bits per heavy atom. The molecule has 0 aliphatic carbocycles. The van der Waals surface area contributed by atoms with Crippen molar-refractivity contribution in [2.24, 2.45) is 5.92 Å². The Morgan fingerprint density at radius 2 is 2.19 bits per heavy atom. The van der Waals surface area contributed by atoms with E-state index >= 15 is 0 Å². The van der Waals surface area contributed by atoms with E-state index in [1.165, 1.54) is 12.0 Å². The van der Waals surface area contributed by atoms with Gasteiger partial charge in [0.2, 0.25) is 0 Å². The van der Waals surface area contributed by atoms with Gasteiger partial charge >= 0.3 is 0 Å². The number of hydrogen-bond acceptors (Lipinski definition) is 3. The third kappa shape index (κ3) is 5.26. The van der Waals surface area contributed by atoms with Crippen molar-refractivity contribution in [3.63, 3.8) is 0 Å². The normalized spacial score (nSPS) is 24.2. The van der Waals surface area contributed by atoms with Gasteiger partial charge in [0.1, 0.15) is 0 Å². The van der Waals surface area contributed by atoms with Crippen molar-refractivity contribution in [3.05, 3.63) is 34.9 Å². The molecule has 21 heavy (non-hydrogen) atoms. The molecule has 1 fully saturated rings. The van der Waals surface area contributed by atoms with Crippen molar-refractivity contribution in [2.45, 2.75) is 25.9 Å². The lowest BCUT2D eigenvalue weighted by Gasteiger charge is -2.32. The van der Waals surface area contributed by atoms with Crippen LogP contribution in [-0.2, 0) is 11.3 Å². The zero-order valence-corrected chi connectivity index (χ0v) is 14.1. The molecule has 0 spiro atoms. The molecule has 118 valence electrons. The Kier molecular flexibility index (Phi) is 6.49. The highest BCUT2D eigenvalue weighted by Crippen LogP contribution is 2.22. The van der Waals surface area contributed by atoms with Gasteiger partial charge in [-0.15, -0.1) is 0 Å². The Hall–Kier alpha value is -0.610. The van der Waals surface area contributed by atoms with E-state index in [4.69, 9.17) is 16.3 Å². The Morgan fingerprint density at radius 3 is 2.90 bits per heavy atom. The summed E-state index contributed by atoms with van der Waals surface area (Å²) in [5.41, 5.74) is 1.28. The first kappa shape index (κ1) is 16.8. The van der Waals surface area contributed by atoms with Crippen molar-refractivity contribution < 1.29 is 4.74 Å². The highest BCUT2D eigenvalue weighted by molar-refractivity contribution is 6.30. The maximum Gasteiger partial charge on any atom is 0.0593 e. The highest BCUT2D eigenvalue weighted by Gasteiger charge is 2.26. The van der Waals surface area contributed by atoms with Crippen LogP contribution in [0.5, 0.6) is 0 Å². The first-order valence-electron chi connectivity index (χ1n) is 7.77. The molecule has 3 nitrogen and oxygen atoms in total. The van der Waals surface area contributed by atoms with Crippen LogP contribution in [-0.4, -0.2) is 56.2 Å². The second-order valence-electron chi connectivity index (χ2n) is 6.27. The second kappa shape index (κ2) is 8.14. The smallest absolute Gasteiger partial charge is 0.0593 e. The summed E-state index contributed by atoms with van der Waals surface area (Å²) in [6.45, 7) is 7.09. The fourth-order valence-corrected chi connectivity index (χ4v) is 3.11. The van der Waals surface area contributed by atoms with Crippen molar-refractivity contribution >= 4 is 11.6 Å². The van der Waals surface area contributed by atoms with Crippen LogP contribution in [0.3, 0.4) is 0 Å². The quantitative estimate of drug-likeness (QED) is 0.831. The van der Waals surface area contributed by atoms with Crippen LogP contribution in [0, 0.1) is 5.92 Å². The monoisotopic (exact) mass is 310 g/mol. The van der Waals surface area contributed by atoms with Crippen molar-refractivity contribution in [1.29, 1.82) is 0 Å². The van der Waals surface area contributed by atoms with Gasteiger partial charge in [-0.05, 0) is 57.6 Å². The third-order valence-electron chi connectivity index (χ3n) is 4.33. The molecule has 1 aliphatic heterocycles. The molecule has 1 heterocycles. The maximum absolute atomic E-state index is 6.10. The van der Waals surface area contributed by atoms with Gasteiger partial charge in [-0.1, -0.05) is 23.7 Å². The molecular weight excluding hydrogens is 284 g/mol. The number of ether oxygens (including phenoxy) is 1. The summed E-state index contributed by atoms with van der Waals surface area (Å²) < 4.78 is 5.82. The SMILES string of the molecule is C[C@H]1[C@H](CCN(C)C)COCCN1Cc1cccc(Cl)c1. The topological polar surface area (TPSA) is 15.7 Å². The lowest BCUT2D eigenvalue weighted by molar-refractivity contribution is 0.110. The molecule has 0 saturated carbocycles. The Balaban J connectivity index is 2.00. The minimum Gasteiger partial charge on any atom is -0.380 e. The van der Waals surface area contributed by atoms with Crippen LogP contribution < -0.4 is 0 Å². The average Bonchev–Trinajstić information content (AvgIpc) is 2.60. The van der Waals surface area contributed by atoms with E-state index in [2.05, 4.69) is 43.0 Å². The number of benzene rings is 1. The van der Waals surface area contributed by atoms with E-state index in [0.717, 1.165) is 37.9 Å². The first-order valence-corrected chi connectivity index (χ1v) is 8.15. The highest BCUT2D eigenvalue weighted by atomic mass is 35.5. The maximum atomic E-state index is 6.10. The molecular formula is C17H27ClN2O. The molecule has 0 aromatic heterocycles. The summed E-state index contributed by atoms with van der Waals surface area (Å²) in [5.74, 6) is 0.592. The van der Waals surface area contributed by atoms with Crippen molar-refractivity contribution in [3.8, 4) is 0 Å². The molecule has 0 unspecified atom stereocenters. The largest absolute Gasteiger partial charge is 0.380 e. The van der Waals surface area contributed by atoms with E-state index < -0.39 is 0 Å². The van der Waals surface area contributed by atoms with Gasteiger partial charge in [-0.25, -0.2) is 0 Å². The summed E-state index contributed by atoms with van der Waals surface area (Å²) in [6, 6.07) is 8.71. The van der Waals surface area contributed by atoms with Gasteiger partial charge < -0.3 is 9.64 Å². The zero-order chi connectivity index (χ0) is 15.2. The molecule has 1 aliphatic rings. The van der Waals surface area contributed by atoms with Crippen LogP contribution in [0.25, 0.3) is 0 Å². The number of rotatable bonds is 5. The zero-order valence-electron chi connectivity index (χ0n) is 13.4. The fourth-order valence-electron chi connectivity index (χ4n) is 2.90.